The fraction of sp³-hybridized carbons (Fsp3) is 0.346. The largest absolute Gasteiger partial charge is 0.599 e. The molecule has 0 bridgehead atoms. The smallest absolute Gasteiger partial charge is 0.325 e. The number of carbonyl (C=O) groups excluding carboxylic acids is 2. The Kier molecular flexibility index (Phi) is 8.81. The first kappa shape index (κ1) is 25.0. The number of aliphatic imine (C=N–C) groups is 1. The number of aliphatic hydroxyl groups excluding tert-OH is 1. The Morgan fingerprint density at radius 1 is 1.15 bits per heavy atom. The molecule has 1 aliphatic carbocycles. The van der Waals surface area contributed by atoms with E-state index in [1.54, 1.807) is 0 Å². The number of fused-ring (bicyclic) bond motifs is 3. The first-order valence-electron chi connectivity index (χ1n) is 11.2. The van der Waals surface area contributed by atoms with E-state index in [2.05, 4.69) is 16.9 Å². The third kappa shape index (κ3) is 6.02. The number of hydrogen-bond donors (Lipinski definition) is 2. The van der Waals surface area contributed by atoms with Crippen LogP contribution in [0.2, 0.25) is 0 Å². The molecule has 8 nitrogen and oxygen atoms in total. The molecular formula is C26H29N2O6-. The monoisotopic (exact) mass is 465 g/mol. The molecule has 1 aliphatic rings. The Bertz CT molecular complexity index is 1010. The number of nitrogens with zero attached hydrogens (tertiary/aromatic N) is 1. The predicted octanol–water partition coefficient (Wildman–Crippen LogP) is 1.91. The summed E-state index contributed by atoms with van der Waals surface area (Å²) in [7, 11) is 0. The van der Waals surface area contributed by atoms with Gasteiger partial charge in [0.15, 0.2) is 6.10 Å². The van der Waals surface area contributed by atoms with Gasteiger partial charge in [-0.15, -0.1) is 0 Å². The highest BCUT2D eigenvalue weighted by Gasteiger charge is 2.28. The Morgan fingerprint density at radius 3 is 2.35 bits per heavy atom. The van der Waals surface area contributed by atoms with E-state index in [1.165, 1.54) is 6.08 Å². The van der Waals surface area contributed by atoms with Crippen LogP contribution in [0.3, 0.4) is 0 Å². The minimum atomic E-state index is -1.60. The van der Waals surface area contributed by atoms with E-state index in [4.69, 9.17) is 9.47 Å². The first-order valence-corrected chi connectivity index (χ1v) is 11.2. The van der Waals surface area contributed by atoms with Gasteiger partial charge in [-0.3, -0.25) is 14.6 Å². The second kappa shape index (κ2) is 12.0. The lowest BCUT2D eigenvalue weighted by molar-refractivity contribution is -0.251. The molecule has 0 spiro atoms. The lowest BCUT2D eigenvalue weighted by Gasteiger charge is -2.24. The van der Waals surface area contributed by atoms with Gasteiger partial charge in [0.05, 0.1) is 6.04 Å². The molecular weight excluding hydrogens is 436 g/mol. The topological polar surface area (TPSA) is 120 Å². The number of ether oxygens (including phenoxy) is 2. The van der Waals surface area contributed by atoms with Gasteiger partial charge in [0.1, 0.15) is 19.2 Å². The number of benzene rings is 2. The van der Waals surface area contributed by atoms with E-state index in [1.807, 2.05) is 55.5 Å². The molecule has 0 fully saturated rings. The second-order valence-corrected chi connectivity index (χ2v) is 7.92. The van der Waals surface area contributed by atoms with Crippen molar-refractivity contribution in [2.24, 2.45) is 4.99 Å². The molecule has 0 saturated carbocycles. The summed E-state index contributed by atoms with van der Waals surface area (Å²) in [6.45, 7) is 4.98. The summed E-state index contributed by atoms with van der Waals surface area (Å²) in [4.78, 5) is 27.7. The number of hydrogen-bond acceptors (Lipinski definition) is 7. The molecule has 2 atom stereocenters. The van der Waals surface area contributed by atoms with Crippen molar-refractivity contribution >= 4 is 18.0 Å². The maximum Gasteiger partial charge on any atom is 0.325 e. The zero-order chi connectivity index (χ0) is 24.5. The lowest BCUT2D eigenvalue weighted by atomic mass is 9.98. The van der Waals surface area contributed by atoms with E-state index in [-0.39, 0.29) is 19.1 Å². The summed E-state index contributed by atoms with van der Waals surface area (Å²) in [6.07, 6.45) is -0.180. The first-order chi connectivity index (χ1) is 16.5. The van der Waals surface area contributed by atoms with E-state index in [0.29, 0.717) is 12.8 Å². The number of aliphatic hydroxyl groups is 1. The lowest BCUT2D eigenvalue weighted by Crippen LogP contribution is -2.44. The molecule has 2 N–H and O–H groups in total. The summed E-state index contributed by atoms with van der Waals surface area (Å²) in [5.41, 5.74) is 4.37. The van der Waals surface area contributed by atoms with E-state index in [9.17, 15) is 19.8 Å². The number of rotatable bonds is 11. The normalized spacial score (nSPS) is 14.5. The standard InChI is InChI=1S/C26H30N2O6/c1-3-9-22(24(30)25(31)27-15-23(29)33-14-4-2)28-26(32)34-16-21-19-12-7-5-10-17(19)18-11-6-8-13-20(18)21/h4-8,10-13,21-22,24,30H,2-3,9,14-16H2,1H3,(H,27,31)(H,28,32)/p-1/t22-,24?/m1/s1. The van der Waals surface area contributed by atoms with Crippen LogP contribution in [0.4, 0.5) is 0 Å². The highest BCUT2D eigenvalue weighted by atomic mass is 16.6. The van der Waals surface area contributed by atoms with Gasteiger partial charge in [-0.1, -0.05) is 74.5 Å². The van der Waals surface area contributed by atoms with Gasteiger partial charge in [-0.25, -0.2) is 0 Å². The van der Waals surface area contributed by atoms with Crippen LogP contribution in [0, 0.1) is 0 Å². The van der Waals surface area contributed by atoms with Crippen LogP contribution in [0.25, 0.3) is 11.1 Å². The Balaban J connectivity index is 1.64. The average molecular weight is 466 g/mol. The molecule has 3 rings (SSSR count). The van der Waals surface area contributed by atoms with Crippen LogP contribution in [-0.4, -0.2) is 55.0 Å². The van der Waals surface area contributed by atoms with Crippen LogP contribution < -0.4 is 10.4 Å². The van der Waals surface area contributed by atoms with Gasteiger partial charge in [0, 0.05) is 12.5 Å². The molecule has 1 amide bonds. The average Bonchev–Trinajstić information content (AvgIpc) is 3.17. The quantitative estimate of drug-likeness (QED) is 0.226. The molecule has 0 saturated heterocycles. The van der Waals surface area contributed by atoms with Crippen molar-refractivity contribution in [1.29, 1.82) is 0 Å². The maximum absolute atomic E-state index is 12.5. The van der Waals surface area contributed by atoms with Gasteiger partial charge in [-0.2, -0.15) is 0 Å². The number of nitrogens with one attached hydrogen (secondary N) is 1. The highest BCUT2D eigenvalue weighted by molar-refractivity contribution is 5.85. The van der Waals surface area contributed by atoms with E-state index in [0.717, 1.165) is 22.3 Å². The van der Waals surface area contributed by atoms with Crippen LogP contribution in [0.15, 0.2) is 66.2 Å². The van der Waals surface area contributed by atoms with Crippen molar-refractivity contribution in [3.05, 3.63) is 72.3 Å². The van der Waals surface area contributed by atoms with Gasteiger partial charge in [-0.05, 0) is 28.7 Å². The fourth-order valence-electron chi connectivity index (χ4n) is 4.00. The van der Waals surface area contributed by atoms with Crippen LogP contribution in [0.1, 0.15) is 36.8 Å². The van der Waals surface area contributed by atoms with Crippen LogP contribution in [-0.2, 0) is 19.1 Å². The van der Waals surface area contributed by atoms with E-state index >= 15 is 0 Å². The molecule has 8 heteroatoms. The Labute approximate surface area is 198 Å². The molecule has 0 aromatic heterocycles. The second-order valence-electron chi connectivity index (χ2n) is 7.92. The van der Waals surface area contributed by atoms with Gasteiger partial charge < -0.3 is 25.0 Å². The van der Waals surface area contributed by atoms with Crippen molar-refractivity contribution in [3.63, 3.8) is 0 Å². The molecule has 0 radical (unpaired) electrons. The summed E-state index contributed by atoms with van der Waals surface area (Å²) in [5, 5.41) is 25.2. The minimum Gasteiger partial charge on any atom is -0.599 e. The molecule has 0 heterocycles. The van der Waals surface area contributed by atoms with Gasteiger partial charge in [0.25, 0.3) is 5.91 Å². The SMILES string of the molecule is C=CCOC(=O)CNC(=O)C(O)[C@@H](CCC)N=C([O-])OCC1c2ccccc2-c2ccccc21. The summed E-state index contributed by atoms with van der Waals surface area (Å²) in [5.74, 6) is -1.60. The van der Waals surface area contributed by atoms with Crippen molar-refractivity contribution in [2.45, 2.75) is 37.8 Å². The van der Waals surface area contributed by atoms with E-state index < -0.39 is 36.7 Å². The van der Waals surface area contributed by atoms with Gasteiger partial charge in [0.2, 0.25) is 0 Å². The summed E-state index contributed by atoms with van der Waals surface area (Å²) < 4.78 is 10.2. The van der Waals surface area contributed by atoms with Gasteiger partial charge >= 0.3 is 5.97 Å². The highest BCUT2D eigenvalue weighted by Crippen LogP contribution is 2.44. The fourth-order valence-corrected chi connectivity index (χ4v) is 4.00. The summed E-state index contributed by atoms with van der Waals surface area (Å²) in [6, 6.07) is 15.0. The number of carbonyl (C=O) groups is 2. The van der Waals surface area contributed by atoms with Crippen molar-refractivity contribution < 1.29 is 29.3 Å². The van der Waals surface area contributed by atoms with Crippen LogP contribution >= 0.6 is 0 Å². The summed E-state index contributed by atoms with van der Waals surface area (Å²) >= 11 is 0. The van der Waals surface area contributed by atoms with Crippen molar-refractivity contribution in [3.8, 4) is 11.1 Å². The molecule has 1 unspecified atom stereocenters. The zero-order valence-electron chi connectivity index (χ0n) is 19.1. The molecule has 180 valence electrons. The van der Waals surface area contributed by atoms with Crippen molar-refractivity contribution in [1.82, 2.24) is 5.32 Å². The Hall–Kier alpha value is -3.65. The molecule has 2 aromatic carbocycles. The predicted molar refractivity (Wildman–Crippen MR) is 126 cm³/mol. The third-order valence-corrected chi connectivity index (χ3v) is 5.59. The van der Waals surface area contributed by atoms with Crippen molar-refractivity contribution in [2.75, 3.05) is 19.8 Å². The maximum atomic E-state index is 12.5. The molecule has 0 aliphatic heterocycles. The molecule has 2 aromatic rings. The zero-order valence-corrected chi connectivity index (χ0v) is 19.1. The molecule has 34 heavy (non-hydrogen) atoms. The number of amides is 1. The Morgan fingerprint density at radius 2 is 1.76 bits per heavy atom. The minimum absolute atomic E-state index is 0.0207. The van der Waals surface area contributed by atoms with Crippen LogP contribution in [0.5, 0.6) is 0 Å². The third-order valence-electron chi connectivity index (χ3n) is 5.59. The number of esters is 1.